The van der Waals surface area contributed by atoms with Crippen LogP contribution in [0.3, 0.4) is 0 Å². The maximum Gasteiger partial charge on any atom is 1.00 e. The predicted molar refractivity (Wildman–Crippen MR) is 9.54 cm³/mol. The van der Waals surface area contributed by atoms with Gasteiger partial charge in [-0.2, -0.15) is 7.82 Å². The monoisotopic (exact) mass is 188 g/mol. The largest absolute Gasteiger partial charge is 1.00 e. The summed E-state index contributed by atoms with van der Waals surface area (Å²) in [5, 5.41) is 0. The fourth-order valence-corrected chi connectivity index (χ4v) is 0. The molecule has 0 amide bonds. The van der Waals surface area contributed by atoms with Crippen LogP contribution in [-0.2, 0) is 4.57 Å². The van der Waals surface area contributed by atoms with Gasteiger partial charge in [0.2, 0.25) is 0 Å². The Morgan fingerprint density at radius 2 is 0.900 bits per heavy atom. The van der Waals surface area contributed by atoms with Crippen molar-refractivity contribution in [1.82, 2.24) is 0 Å². The van der Waals surface area contributed by atoms with Gasteiger partial charge in [-0.3, -0.25) is 0 Å². The minimum atomic E-state index is -5.39. The van der Waals surface area contributed by atoms with Crippen LogP contribution in [0.4, 0.5) is 0 Å². The van der Waals surface area contributed by atoms with E-state index in [-0.39, 0.29) is 113 Å². The molecule has 0 aromatic rings. The van der Waals surface area contributed by atoms with E-state index in [1.165, 1.54) is 0 Å². The van der Waals surface area contributed by atoms with E-state index in [0.717, 1.165) is 0 Å². The first-order valence-electron chi connectivity index (χ1n) is 0.730. The third-order valence-electron chi connectivity index (χ3n) is 0. The minimum absolute atomic E-state index is 0. The first kappa shape index (κ1) is 37.3. The molecule has 10 heavy (non-hydrogen) atoms. The van der Waals surface area contributed by atoms with Crippen LogP contribution in [0.2, 0.25) is 0 Å². The standard InChI is InChI=1S/Li.3Na.H3O4P.H2O/c;;;;1-5(2,3)4;/h;;;;(H3,1,2,3,4);1H2/q4*+1;;/p-4. The molecular formula is HLiNa3O5P. The van der Waals surface area contributed by atoms with Crippen LogP contribution in [0.5, 0.6) is 0 Å². The zero-order valence-corrected chi connectivity index (χ0v) is 13.4. The Hall–Kier alpha value is 3.67. The van der Waals surface area contributed by atoms with Crippen LogP contribution in [0, 0.1) is 0 Å². The van der Waals surface area contributed by atoms with Gasteiger partial charge in [0.1, 0.15) is 0 Å². The second-order valence-electron chi connectivity index (χ2n) is 0.447. The van der Waals surface area contributed by atoms with Crippen molar-refractivity contribution in [3.63, 3.8) is 0 Å². The molecule has 0 aliphatic carbocycles. The van der Waals surface area contributed by atoms with Gasteiger partial charge in [-0.05, 0) is 0 Å². The van der Waals surface area contributed by atoms with E-state index in [1.807, 2.05) is 0 Å². The molecule has 0 aliphatic rings. The number of phosphoric acid groups is 1. The molecule has 0 aliphatic heterocycles. The summed E-state index contributed by atoms with van der Waals surface area (Å²) in [5.41, 5.74) is 0. The molecule has 0 bridgehead atoms. The molecule has 0 fully saturated rings. The van der Waals surface area contributed by atoms with Crippen LogP contribution in [0.25, 0.3) is 0 Å². The Morgan fingerprint density at radius 1 is 0.900 bits per heavy atom. The predicted octanol–water partition coefficient (Wildman–Crippen LogP) is -15.0. The first-order valence-corrected chi connectivity index (χ1v) is 2.19. The zero-order chi connectivity index (χ0) is 4.50. The second kappa shape index (κ2) is 18.5. The van der Waals surface area contributed by atoms with Gasteiger partial charge >= 0.3 is 108 Å². The van der Waals surface area contributed by atoms with E-state index in [2.05, 4.69) is 0 Å². The summed E-state index contributed by atoms with van der Waals surface area (Å²) < 4.78 is 8.55. The van der Waals surface area contributed by atoms with E-state index in [9.17, 15) is 0 Å². The van der Waals surface area contributed by atoms with E-state index in [1.54, 1.807) is 0 Å². The summed E-state index contributed by atoms with van der Waals surface area (Å²) in [6, 6.07) is 0. The normalized spacial score (nSPS) is 5.90. The molecule has 10 heteroatoms. The Morgan fingerprint density at radius 3 is 0.900 bits per heavy atom. The molecule has 0 spiro atoms. The summed E-state index contributed by atoms with van der Waals surface area (Å²) in [6.45, 7) is 0. The molecule has 0 atom stereocenters. The Bertz CT molecular complexity index is 63.0. The van der Waals surface area contributed by atoms with Gasteiger partial charge in [-0.15, -0.1) is 0 Å². The van der Waals surface area contributed by atoms with Crippen LogP contribution >= 0.6 is 7.82 Å². The number of hydrogen-bond donors (Lipinski definition) is 0. The smallest absolute Gasteiger partial charge is 0.870 e. The van der Waals surface area contributed by atoms with Crippen molar-refractivity contribution in [1.29, 1.82) is 0 Å². The van der Waals surface area contributed by atoms with Crippen LogP contribution in [0.15, 0.2) is 0 Å². The van der Waals surface area contributed by atoms with Gasteiger partial charge in [0.25, 0.3) is 0 Å². The number of hydrogen-bond acceptors (Lipinski definition) is 5. The first-order chi connectivity index (χ1) is 2.00. The maximum atomic E-state index is 8.55. The average Bonchev–Trinajstić information content (AvgIpc) is 0.722. The topological polar surface area (TPSA) is 116 Å². The van der Waals surface area contributed by atoms with Gasteiger partial charge in [0.05, 0.1) is 0 Å². The third-order valence-corrected chi connectivity index (χ3v) is 0. The third kappa shape index (κ3) is 98.7. The minimum Gasteiger partial charge on any atom is -0.870 e. The van der Waals surface area contributed by atoms with Crippen molar-refractivity contribution in [2.24, 2.45) is 0 Å². The fourth-order valence-electron chi connectivity index (χ4n) is 0. The molecule has 0 aromatic carbocycles. The van der Waals surface area contributed by atoms with Crippen molar-refractivity contribution in [3.05, 3.63) is 0 Å². The molecule has 0 heterocycles. The SMILES string of the molecule is O=P([O-])([O-])[O-].[Li+].[Na+].[Na+].[Na+].[OH-]. The van der Waals surface area contributed by atoms with Crippen molar-refractivity contribution in [2.45, 2.75) is 0 Å². The molecule has 0 rings (SSSR count). The molecule has 0 aromatic heterocycles. The molecule has 40 valence electrons. The van der Waals surface area contributed by atoms with E-state index in [0.29, 0.717) is 0 Å². The quantitative estimate of drug-likeness (QED) is 0.276. The van der Waals surface area contributed by atoms with Gasteiger partial charge in [-0.25, -0.2) is 0 Å². The van der Waals surface area contributed by atoms with Gasteiger partial charge in [0.15, 0.2) is 0 Å². The molecule has 0 saturated carbocycles. The summed E-state index contributed by atoms with van der Waals surface area (Å²) >= 11 is 0. The zero-order valence-electron chi connectivity index (χ0n) is 6.53. The fraction of sp³-hybridized carbons (Fsp3) is 0. The van der Waals surface area contributed by atoms with Gasteiger partial charge < -0.3 is 24.7 Å². The van der Waals surface area contributed by atoms with Crippen LogP contribution in [-0.4, -0.2) is 5.48 Å². The van der Waals surface area contributed by atoms with Crippen molar-refractivity contribution >= 4 is 7.82 Å². The van der Waals surface area contributed by atoms with E-state index in [4.69, 9.17) is 19.2 Å². The van der Waals surface area contributed by atoms with Crippen molar-refractivity contribution < 1.29 is 132 Å². The average molecular weight is 188 g/mol. The second-order valence-corrected chi connectivity index (χ2v) is 1.34. The Balaban J connectivity index is -0.00000000800. The van der Waals surface area contributed by atoms with Gasteiger partial charge in [0, 0.05) is 0 Å². The molecule has 5 nitrogen and oxygen atoms in total. The molecule has 0 radical (unpaired) electrons. The van der Waals surface area contributed by atoms with E-state index >= 15 is 0 Å². The summed E-state index contributed by atoms with van der Waals surface area (Å²) in [5.74, 6) is 0. The Labute approximate surface area is 137 Å². The molecule has 0 unspecified atom stereocenters. The summed E-state index contributed by atoms with van der Waals surface area (Å²) in [7, 11) is -5.39. The Kier molecular flexibility index (Phi) is 68.8. The molecular weight excluding hydrogens is 187 g/mol. The summed E-state index contributed by atoms with van der Waals surface area (Å²) in [6.07, 6.45) is 0. The van der Waals surface area contributed by atoms with E-state index < -0.39 is 7.82 Å². The van der Waals surface area contributed by atoms with Gasteiger partial charge in [-0.1, -0.05) is 0 Å². The van der Waals surface area contributed by atoms with Crippen LogP contribution < -0.4 is 122 Å². The number of rotatable bonds is 0. The van der Waals surface area contributed by atoms with Crippen LogP contribution in [0.1, 0.15) is 0 Å². The maximum absolute atomic E-state index is 8.55. The molecule has 0 saturated heterocycles. The molecule has 1 N–H and O–H groups in total. The van der Waals surface area contributed by atoms with Crippen molar-refractivity contribution in [2.75, 3.05) is 0 Å². The van der Waals surface area contributed by atoms with Crippen molar-refractivity contribution in [3.8, 4) is 0 Å². The summed E-state index contributed by atoms with van der Waals surface area (Å²) in [4.78, 5) is 25.6.